The van der Waals surface area contributed by atoms with Gasteiger partial charge in [-0.3, -0.25) is 4.79 Å². The molecule has 0 aliphatic carbocycles. The zero-order valence-electron chi connectivity index (χ0n) is 15.6. The Morgan fingerprint density at radius 2 is 1.77 bits per heavy atom. The van der Waals surface area contributed by atoms with E-state index in [1.54, 1.807) is 19.1 Å². The molecule has 1 unspecified atom stereocenters. The number of nitrogens with two attached hydrogens (primary N) is 1. The van der Waals surface area contributed by atoms with Gasteiger partial charge in [0.25, 0.3) is 5.91 Å². The fourth-order valence-electron chi connectivity index (χ4n) is 3.18. The van der Waals surface area contributed by atoms with Crippen LogP contribution < -0.4 is 10.5 Å². The molecule has 1 atom stereocenters. The van der Waals surface area contributed by atoms with E-state index < -0.39 is 10.0 Å². The van der Waals surface area contributed by atoms with Crippen LogP contribution >= 0.6 is 0 Å². The number of primary sulfonamides is 1. The lowest BCUT2D eigenvalue weighted by Gasteiger charge is -2.29. The zero-order valence-corrected chi connectivity index (χ0v) is 16.4. The lowest BCUT2D eigenvalue weighted by atomic mass is 9.79. The Labute approximate surface area is 155 Å². The molecule has 2 aromatic rings. The van der Waals surface area contributed by atoms with Gasteiger partial charge in [0.05, 0.1) is 4.90 Å². The molecule has 0 saturated carbocycles. The van der Waals surface area contributed by atoms with Crippen molar-refractivity contribution < 1.29 is 13.2 Å². The number of benzene rings is 2. The fraction of sp³-hybridized carbons (Fsp3) is 0.350. The summed E-state index contributed by atoms with van der Waals surface area (Å²) in [6, 6.07) is 14.6. The first-order chi connectivity index (χ1) is 12.0. The van der Waals surface area contributed by atoms with E-state index in [0.717, 1.165) is 6.42 Å². The lowest BCUT2D eigenvalue weighted by molar-refractivity contribution is 0.0934. The quantitative estimate of drug-likeness (QED) is 0.814. The Bertz CT molecular complexity index is 891. The van der Waals surface area contributed by atoms with Gasteiger partial charge in [0.15, 0.2) is 0 Å². The summed E-state index contributed by atoms with van der Waals surface area (Å²) >= 11 is 0. The summed E-state index contributed by atoms with van der Waals surface area (Å²) in [6.45, 7) is 7.86. The minimum absolute atomic E-state index is 0.0255. The highest BCUT2D eigenvalue weighted by Crippen LogP contribution is 2.28. The summed E-state index contributed by atoms with van der Waals surface area (Å²) in [5.41, 5.74) is 1.90. The van der Waals surface area contributed by atoms with Crippen LogP contribution in [0.4, 0.5) is 0 Å². The van der Waals surface area contributed by atoms with E-state index in [1.807, 2.05) is 25.1 Å². The van der Waals surface area contributed by atoms with Crippen molar-refractivity contribution in [3.05, 3.63) is 65.2 Å². The van der Waals surface area contributed by atoms with Gasteiger partial charge in [0.2, 0.25) is 10.0 Å². The van der Waals surface area contributed by atoms with Crippen molar-refractivity contribution in [3.8, 4) is 0 Å². The maximum absolute atomic E-state index is 12.5. The molecule has 0 radical (unpaired) electrons. The van der Waals surface area contributed by atoms with Crippen LogP contribution in [0, 0.1) is 6.92 Å². The molecule has 2 rings (SSSR count). The van der Waals surface area contributed by atoms with Crippen LogP contribution in [0.15, 0.2) is 53.4 Å². The van der Waals surface area contributed by atoms with Gasteiger partial charge in [-0.1, -0.05) is 50.2 Å². The Hall–Kier alpha value is -2.18. The monoisotopic (exact) mass is 374 g/mol. The van der Waals surface area contributed by atoms with Crippen molar-refractivity contribution in [2.24, 2.45) is 5.14 Å². The number of hydrogen-bond donors (Lipinski definition) is 2. The molecule has 0 bridgehead atoms. The predicted molar refractivity (Wildman–Crippen MR) is 104 cm³/mol. The Morgan fingerprint density at radius 1 is 1.15 bits per heavy atom. The van der Waals surface area contributed by atoms with Gasteiger partial charge in [-0.15, -0.1) is 0 Å². The van der Waals surface area contributed by atoms with Crippen molar-refractivity contribution in [1.82, 2.24) is 5.32 Å². The zero-order chi connectivity index (χ0) is 19.5. The molecule has 1 amide bonds. The molecular weight excluding hydrogens is 348 g/mol. The number of carbonyl (C=O) groups excluding carboxylic acids is 1. The number of nitrogens with one attached hydrogen (secondary N) is 1. The van der Waals surface area contributed by atoms with Crippen LogP contribution in [-0.4, -0.2) is 20.4 Å². The van der Waals surface area contributed by atoms with Crippen LogP contribution in [-0.2, 0) is 15.4 Å². The molecule has 0 saturated heterocycles. The van der Waals surface area contributed by atoms with Gasteiger partial charge < -0.3 is 5.32 Å². The second-order valence-electron chi connectivity index (χ2n) is 7.35. The molecule has 140 valence electrons. The average molecular weight is 375 g/mol. The summed E-state index contributed by atoms with van der Waals surface area (Å²) in [7, 11) is -3.86. The first-order valence-corrected chi connectivity index (χ1v) is 10.1. The summed E-state index contributed by atoms with van der Waals surface area (Å²) in [5, 5.41) is 8.16. The van der Waals surface area contributed by atoms with Gasteiger partial charge in [-0.25, -0.2) is 13.6 Å². The molecule has 0 fully saturated rings. The van der Waals surface area contributed by atoms with Crippen molar-refractivity contribution in [1.29, 1.82) is 0 Å². The third-order valence-electron chi connectivity index (χ3n) is 4.51. The average Bonchev–Trinajstić information content (AvgIpc) is 2.54. The number of carbonyl (C=O) groups is 1. The second-order valence-corrected chi connectivity index (χ2v) is 8.88. The molecule has 0 aliphatic rings. The van der Waals surface area contributed by atoms with Crippen molar-refractivity contribution in [2.75, 3.05) is 0 Å². The van der Waals surface area contributed by atoms with Gasteiger partial charge >= 0.3 is 0 Å². The van der Waals surface area contributed by atoms with Gasteiger partial charge in [0, 0.05) is 11.6 Å². The summed E-state index contributed by atoms with van der Waals surface area (Å²) in [6.07, 6.45) is 0.747. The first-order valence-electron chi connectivity index (χ1n) is 8.50. The van der Waals surface area contributed by atoms with E-state index in [-0.39, 0.29) is 27.8 Å². The normalized spacial score (nSPS) is 13.3. The highest BCUT2D eigenvalue weighted by atomic mass is 32.2. The van der Waals surface area contributed by atoms with Crippen LogP contribution in [0.3, 0.4) is 0 Å². The van der Waals surface area contributed by atoms with E-state index in [4.69, 9.17) is 5.14 Å². The number of hydrogen-bond acceptors (Lipinski definition) is 3. The Morgan fingerprint density at radius 3 is 2.35 bits per heavy atom. The summed E-state index contributed by atoms with van der Waals surface area (Å²) in [4.78, 5) is 12.5. The number of amides is 1. The molecular formula is C20H26N2O3S. The molecule has 2 aromatic carbocycles. The van der Waals surface area contributed by atoms with Crippen LogP contribution in [0.1, 0.15) is 48.7 Å². The number of rotatable bonds is 6. The maximum Gasteiger partial charge on any atom is 0.251 e. The van der Waals surface area contributed by atoms with Crippen molar-refractivity contribution in [3.63, 3.8) is 0 Å². The molecule has 0 aliphatic heterocycles. The molecule has 6 heteroatoms. The van der Waals surface area contributed by atoms with Gasteiger partial charge in [0.1, 0.15) is 0 Å². The predicted octanol–water partition coefficient (Wildman–Crippen LogP) is 3.13. The largest absolute Gasteiger partial charge is 0.350 e. The second kappa shape index (κ2) is 7.60. The molecule has 5 nitrogen and oxygen atoms in total. The fourth-order valence-corrected chi connectivity index (χ4v) is 3.99. The number of aryl methyl sites for hydroxylation is 1. The van der Waals surface area contributed by atoms with Gasteiger partial charge in [-0.2, -0.15) is 0 Å². The smallest absolute Gasteiger partial charge is 0.251 e. The van der Waals surface area contributed by atoms with E-state index in [1.165, 1.54) is 11.6 Å². The molecule has 0 heterocycles. The van der Waals surface area contributed by atoms with Crippen LogP contribution in [0.2, 0.25) is 0 Å². The highest BCUT2D eigenvalue weighted by Gasteiger charge is 2.24. The van der Waals surface area contributed by atoms with E-state index in [0.29, 0.717) is 5.56 Å². The molecule has 26 heavy (non-hydrogen) atoms. The highest BCUT2D eigenvalue weighted by molar-refractivity contribution is 7.89. The minimum Gasteiger partial charge on any atom is -0.350 e. The summed E-state index contributed by atoms with van der Waals surface area (Å²) in [5.74, 6) is -0.314. The van der Waals surface area contributed by atoms with Crippen LogP contribution in [0.25, 0.3) is 0 Å². The van der Waals surface area contributed by atoms with E-state index >= 15 is 0 Å². The van der Waals surface area contributed by atoms with E-state index in [2.05, 4.69) is 31.3 Å². The van der Waals surface area contributed by atoms with Crippen LogP contribution in [0.5, 0.6) is 0 Å². The van der Waals surface area contributed by atoms with Crippen molar-refractivity contribution in [2.45, 2.75) is 50.5 Å². The number of sulfonamides is 1. The molecule has 0 aromatic heterocycles. The summed E-state index contributed by atoms with van der Waals surface area (Å²) < 4.78 is 23.3. The lowest BCUT2D eigenvalue weighted by Crippen LogP contribution is -2.37. The van der Waals surface area contributed by atoms with Crippen molar-refractivity contribution >= 4 is 15.9 Å². The Kier molecular flexibility index (Phi) is 5.88. The topological polar surface area (TPSA) is 89.3 Å². The molecule has 3 N–H and O–H groups in total. The first kappa shape index (κ1) is 20.1. The third kappa shape index (κ3) is 4.93. The SMILES string of the molecule is Cc1ccc(C(=O)NC(C)CC(C)(C)c2ccccc2)cc1S(N)(=O)=O. The third-order valence-corrected chi connectivity index (χ3v) is 5.56. The molecule has 0 spiro atoms. The standard InChI is InChI=1S/C20H26N2O3S/c1-14-10-11-16(12-18(14)26(21,24)25)19(23)22-15(2)13-20(3,4)17-8-6-5-7-9-17/h5-12,15H,13H2,1-4H3,(H,22,23)(H2,21,24,25). The maximum atomic E-state index is 12.5. The van der Waals surface area contributed by atoms with Gasteiger partial charge in [-0.05, 0) is 48.9 Å². The minimum atomic E-state index is -3.86. The Balaban J connectivity index is 2.12. The van der Waals surface area contributed by atoms with E-state index in [9.17, 15) is 13.2 Å².